The number of nitrogens with zero attached hydrogens (tertiary/aromatic N) is 1. The molecule has 4 heteroatoms. The fourth-order valence-electron chi connectivity index (χ4n) is 2.68. The highest BCUT2D eigenvalue weighted by molar-refractivity contribution is 5.98. The zero-order chi connectivity index (χ0) is 13.5. The van der Waals surface area contributed by atoms with Gasteiger partial charge in [0.15, 0.2) is 6.61 Å². The van der Waals surface area contributed by atoms with Crippen LogP contribution in [0, 0.1) is 0 Å². The second-order valence-electron chi connectivity index (χ2n) is 5.43. The minimum absolute atomic E-state index is 0. The average molecular weight is 297 g/mol. The maximum atomic E-state index is 5.47. The van der Waals surface area contributed by atoms with Crippen LogP contribution in [0.1, 0.15) is 38.7 Å². The lowest BCUT2D eigenvalue weighted by molar-refractivity contribution is -0.928. The molecule has 2 atom stereocenters. The van der Waals surface area contributed by atoms with Crippen molar-refractivity contribution < 1.29 is 22.1 Å². The van der Waals surface area contributed by atoms with Gasteiger partial charge >= 0.3 is 0 Å². The van der Waals surface area contributed by atoms with E-state index >= 15 is 0 Å². The third-order valence-corrected chi connectivity index (χ3v) is 3.99. The lowest BCUT2D eigenvalue weighted by atomic mass is 10.0. The highest BCUT2D eigenvalue weighted by Crippen LogP contribution is 2.02. The van der Waals surface area contributed by atoms with Crippen molar-refractivity contribution in [2.75, 3.05) is 19.7 Å². The fraction of sp³-hybridized carbons (Fsp3) is 0.562. The molecule has 2 unspecified atom stereocenters. The highest BCUT2D eigenvalue weighted by Gasteiger charge is 2.21. The summed E-state index contributed by atoms with van der Waals surface area (Å²) >= 11 is 0. The van der Waals surface area contributed by atoms with Crippen LogP contribution < -0.4 is 17.3 Å². The molecule has 1 fully saturated rings. The van der Waals surface area contributed by atoms with Crippen molar-refractivity contribution in [2.24, 2.45) is 5.16 Å². The molecular weight excluding hydrogens is 272 g/mol. The number of benzene rings is 1. The minimum atomic E-state index is 0. The van der Waals surface area contributed by atoms with Crippen LogP contribution in [0.4, 0.5) is 0 Å². The quantitative estimate of drug-likeness (QED) is 0.416. The van der Waals surface area contributed by atoms with Crippen molar-refractivity contribution in [3.8, 4) is 0 Å². The number of rotatable bonds is 5. The number of oxime groups is 1. The SMILES string of the molecule is C/C(=N\OCC[NH+]1CCCCC1C)c1ccccc1.[Cl-]. The summed E-state index contributed by atoms with van der Waals surface area (Å²) in [6.07, 6.45) is 4.09. The molecule has 1 heterocycles. The molecule has 20 heavy (non-hydrogen) atoms. The van der Waals surface area contributed by atoms with E-state index in [0.717, 1.165) is 23.9 Å². The van der Waals surface area contributed by atoms with Crippen molar-refractivity contribution in [3.05, 3.63) is 35.9 Å². The van der Waals surface area contributed by atoms with E-state index < -0.39 is 0 Å². The Morgan fingerprint density at radius 1 is 1.30 bits per heavy atom. The largest absolute Gasteiger partial charge is 1.00 e. The summed E-state index contributed by atoms with van der Waals surface area (Å²) < 4.78 is 0. The van der Waals surface area contributed by atoms with Crippen molar-refractivity contribution >= 4 is 5.71 Å². The summed E-state index contributed by atoms with van der Waals surface area (Å²) in [6.45, 7) is 7.39. The van der Waals surface area contributed by atoms with Gasteiger partial charge in [-0.1, -0.05) is 35.5 Å². The van der Waals surface area contributed by atoms with Crippen LogP contribution in [0.3, 0.4) is 0 Å². The average Bonchev–Trinajstić information content (AvgIpc) is 2.46. The fourth-order valence-corrected chi connectivity index (χ4v) is 2.68. The first-order valence-electron chi connectivity index (χ1n) is 7.34. The Morgan fingerprint density at radius 2 is 2.05 bits per heavy atom. The zero-order valence-corrected chi connectivity index (χ0v) is 13.2. The normalized spacial score (nSPS) is 23.0. The number of piperidine rings is 1. The van der Waals surface area contributed by atoms with Crippen LogP contribution in [0.2, 0.25) is 0 Å². The molecule has 0 aliphatic carbocycles. The summed E-state index contributed by atoms with van der Waals surface area (Å²) in [5, 5.41) is 4.21. The van der Waals surface area contributed by atoms with Gasteiger partial charge in [-0.05, 0) is 38.7 Å². The first-order valence-corrected chi connectivity index (χ1v) is 7.34. The molecule has 1 aliphatic rings. The summed E-state index contributed by atoms with van der Waals surface area (Å²) in [4.78, 5) is 7.13. The van der Waals surface area contributed by atoms with Gasteiger partial charge in [0.2, 0.25) is 0 Å². The third kappa shape index (κ3) is 5.14. The van der Waals surface area contributed by atoms with E-state index in [1.165, 1.54) is 25.8 Å². The maximum absolute atomic E-state index is 5.47. The number of nitrogens with one attached hydrogen (secondary N) is 1. The molecule has 1 aliphatic heterocycles. The second-order valence-corrected chi connectivity index (χ2v) is 5.43. The Bertz CT molecular complexity index is 408. The molecule has 0 radical (unpaired) electrons. The zero-order valence-electron chi connectivity index (χ0n) is 12.4. The molecule has 0 spiro atoms. The van der Waals surface area contributed by atoms with E-state index in [9.17, 15) is 0 Å². The van der Waals surface area contributed by atoms with Crippen molar-refractivity contribution in [1.82, 2.24) is 0 Å². The number of hydrogen-bond acceptors (Lipinski definition) is 2. The van der Waals surface area contributed by atoms with E-state index in [4.69, 9.17) is 4.84 Å². The molecule has 3 nitrogen and oxygen atoms in total. The molecule has 2 rings (SSSR count). The number of likely N-dealkylation sites (tertiary alicyclic amines) is 1. The standard InChI is InChI=1S/C16H24N2O.ClH/c1-14-8-6-7-11-18(14)12-13-19-17-15(2)16-9-4-3-5-10-16;/h3-5,9-10,14H,6-8,11-13H2,1-2H3;1H/b17-15+;. The molecule has 1 N–H and O–H groups in total. The van der Waals surface area contributed by atoms with E-state index in [-0.39, 0.29) is 12.4 Å². The van der Waals surface area contributed by atoms with Gasteiger partial charge in [-0.25, -0.2) is 0 Å². The second kappa shape index (κ2) is 8.98. The first-order chi connectivity index (χ1) is 9.27. The van der Waals surface area contributed by atoms with Gasteiger partial charge in [0, 0.05) is 0 Å². The molecule has 0 amide bonds. The Labute approximate surface area is 128 Å². The summed E-state index contributed by atoms with van der Waals surface area (Å²) in [5.41, 5.74) is 2.07. The van der Waals surface area contributed by atoms with E-state index in [1.54, 1.807) is 4.90 Å². The molecule has 1 aromatic rings. The van der Waals surface area contributed by atoms with Crippen LogP contribution in [0.5, 0.6) is 0 Å². The van der Waals surface area contributed by atoms with Crippen LogP contribution >= 0.6 is 0 Å². The predicted molar refractivity (Wildman–Crippen MR) is 78.6 cm³/mol. The van der Waals surface area contributed by atoms with Crippen LogP contribution in [0.15, 0.2) is 35.5 Å². The molecule has 0 saturated carbocycles. The maximum Gasteiger partial charge on any atom is 0.165 e. The Morgan fingerprint density at radius 3 is 2.75 bits per heavy atom. The van der Waals surface area contributed by atoms with Crippen LogP contribution in [-0.2, 0) is 4.84 Å². The predicted octanol–water partition coefficient (Wildman–Crippen LogP) is -1.11. The van der Waals surface area contributed by atoms with Gasteiger partial charge in [0.25, 0.3) is 0 Å². The van der Waals surface area contributed by atoms with Gasteiger partial charge < -0.3 is 22.1 Å². The Hall–Kier alpha value is -1.06. The van der Waals surface area contributed by atoms with Gasteiger partial charge in [-0.2, -0.15) is 0 Å². The minimum Gasteiger partial charge on any atom is -1.00 e. The molecule has 1 aromatic carbocycles. The summed E-state index contributed by atoms with van der Waals surface area (Å²) in [7, 11) is 0. The monoisotopic (exact) mass is 296 g/mol. The Kier molecular flexibility index (Phi) is 7.63. The lowest BCUT2D eigenvalue weighted by Crippen LogP contribution is -3.16. The lowest BCUT2D eigenvalue weighted by Gasteiger charge is -2.29. The van der Waals surface area contributed by atoms with Gasteiger partial charge in [-0.3, -0.25) is 0 Å². The van der Waals surface area contributed by atoms with Crippen molar-refractivity contribution in [3.63, 3.8) is 0 Å². The number of halogens is 1. The van der Waals surface area contributed by atoms with E-state index in [2.05, 4.69) is 24.2 Å². The summed E-state index contributed by atoms with van der Waals surface area (Å²) in [6, 6.07) is 10.9. The third-order valence-electron chi connectivity index (χ3n) is 3.99. The molecule has 1 saturated heterocycles. The Balaban J connectivity index is 0.00000200. The molecular formula is C16H25ClN2O. The van der Waals surface area contributed by atoms with Crippen LogP contribution in [-0.4, -0.2) is 31.4 Å². The van der Waals surface area contributed by atoms with Gasteiger partial charge in [-0.15, -0.1) is 0 Å². The smallest absolute Gasteiger partial charge is 0.165 e. The van der Waals surface area contributed by atoms with E-state index in [0.29, 0.717) is 6.61 Å². The van der Waals surface area contributed by atoms with E-state index in [1.807, 2.05) is 25.1 Å². The number of quaternary nitrogens is 1. The molecule has 0 aromatic heterocycles. The number of hydrogen-bond donors (Lipinski definition) is 1. The van der Waals surface area contributed by atoms with Crippen molar-refractivity contribution in [1.29, 1.82) is 0 Å². The molecule has 0 bridgehead atoms. The first kappa shape index (κ1) is 17.0. The van der Waals surface area contributed by atoms with Crippen molar-refractivity contribution in [2.45, 2.75) is 39.2 Å². The van der Waals surface area contributed by atoms with Crippen LogP contribution in [0.25, 0.3) is 0 Å². The summed E-state index contributed by atoms with van der Waals surface area (Å²) in [5.74, 6) is 0. The van der Waals surface area contributed by atoms with Gasteiger partial charge in [0.1, 0.15) is 6.54 Å². The highest BCUT2D eigenvalue weighted by atomic mass is 35.5. The molecule has 112 valence electrons. The van der Waals surface area contributed by atoms with Gasteiger partial charge in [0.05, 0.1) is 18.3 Å². The topological polar surface area (TPSA) is 26.0 Å².